The summed E-state index contributed by atoms with van der Waals surface area (Å²) in [6, 6.07) is 2.11. The van der Waals surface area contributed by atoms with Crippen molar-refractivity contribution in [2.75, 3.05) is 33.3 Å². The third-order valence-electron chi connectivity index (χ3n) is 3.36. The molecule has 1 aliphatic rings. The van der Waals surface area contributed by atoms with E-state index in [0.29, 0.717) is 18.8 Å². The van der Waals surface area contributed by atoms with Crippen molar-refractivity contribution in [3.63, 3.8) is 0 Å². The van der Waals surface area contributed by atoms with Crippen LogP contribution in [0.25, 0.3) is 0 Å². The quantitative estimate of drug-likeness (QED) is 0.895. The topological polar surface area (TPSA) is 44.7 Å². The predicted molar refractivity (Wildman–Crippen MR) is 75.1 cm³/mol. The molecule has 1 saturated heterocycles. The van der Waals surface area contributed by atoms with E-state index in [1.165, 1.54) is 30.2 Å². The Morgan fingerprint density at radius 3 is 2.38 bits per heavy atom. The van der Waals surface area contributed by atoms with Crippen molar-refractivity contribution in [3.05, 3.63) is 23.8 Å². The zero-order valence-electron chi connectivity index (χ0n) is 11.5. The number of rotatable bonds is 3. The van der Waals surface area contributed by atoms with Gasteiger partial charge in [-0.2, -0.15) is 13.2 Å². The molecule has 0 spiro atoms. The van der Waals surface area contributed by atoms with Gasteiger partial charge >= 0.3 is 6.18 Å². The van der Waals surface area contributed by atoms with E-state index < -0.39 is 18.0 Å². The lowest BCUT2D eigenvalue weighted by Gasteiger charge is -2.36. The number of hydrogen-bond donors (Lipinski definition) is 2. The molecule has 21 heavy (non-hydrogen) atoms. The Bertz CT molecular complexity index is 465. The molecule has 4 nitrogen and oxygen atoms in total. The van der Waals surface area contributed by atoms with Gasteiger partial charge in [-0.15, -0.1) is 12.4 Å². The van der Waals surface area contributed by atoms with Gasteiger partial charge in [-0.05, 0) is 12.1 Å². The van der Waals surface area contributed by atoms with Gasteiger partial charge in [0.15, 0.2) is 0 Å². The summed E-state index contributed by atoms with van der Waals surface area (Å²) in [5.41, 5.74) is -0.139. The van der Waals surface area contributed by atoms with Gasteiger partial charge < -0.3 is 15.2 Å². The third-order valence-corrected chi connectivity index (χ3v) is 3.36. The summed E-state index contributed by atoms with van der Waals surface area (Å²) in [4.78, 5) is 1.33. The van der Waals surface area contributed by atoms with Crippen molar-refractivity contribution in [2.24, 2.45) is 0 Å². The van der Waals surface area contributed by atoms with Gasteiger partial charge in [0.25, 0.3) is 0 Å². The second-order valence-electron chi connectivity index (χ2n) is 4.65. The Labute approximate surface area is 127 Å². The molecule has 0 unspecified atom stereocenters. The number of phenols is 1. The Hall–Kier alpha value is -1.18. The average molecular weight is 327 g/mol. The van der Waals surface area contributed by atoms with E-state index in [2.05, 4.69) is 5.32 Å². The highest BCUT2D eigenvalue weighted by molar-refractivity contribution is 5.85. The first-order valence-electron chi connectivity index (χ1n) is 6.32. The van der Waals surface area contributed by atoms with Crippen molar-refractivity contribution in [3.8, 4) is 11.5 Å². The first-order chi connectivity index (χ1) is 9.43. The van der Waals surface area contributed by atoms with Crippen LogP contribution >= 0.6 is 12.4 Å². The van der Waals surface area contributed by atoms with Crippen LogP contribution < -0.4 is 10.1 Å². The Morgan fingerprint density at radius 1 is 1.29 bits per heavy atom. The molecular formula is C13H18ClF3N2O2. The van der Waals surface area contributed by atoms with E-state index in [4.69, 9.17) is 4.74 Å². The molecule has 0 amide bonds. The van der Waals surface area contributed by atoms with Crippen molar-refractivity contribution >= 4 is 12.4 Å². The van der Waals surface area contributed by atoms with Crippen molar-refractivity contribution in [1.29, 1.82) is 0 Å². The van der Waals surface area contributed by atoms with Crippen LogP contribution in [-0.4, -0.2) is 49.5 Å². The van der Waals surface area contributed by atoms with Crippen LogP contribution in [0.3, 0.4) is 0 Å². The van der Waals surface area contributed by atoms with E-state index in [1.54, 1.807) is 0 Å². The molecule has 1 heterocycles. The van der Waals surface area contributed by atoms with E-state index in [-0.39, 0.29) is 31.1 Å². The number of benzene rings is 1. The van der Waals surface area contributed by atoms with E-state index >= 15 is 0 Å². The van der Waals surface area contributed by atoms with Gasteiger partial charge in [0.2, 0.25) is 0 Å². The maximum absolute atomic E-state index is 13.3. The lowest BCUT2D eigenvalue weighted by atomic mass is 10.0. The SMILES string of the molecule is COc1ccc([C@@H](N2CCNCC2)C(F)(F)F)c(O)c1.Cl. The first-order valence-corrected chi connectivity index (χ1v) is 6.32. The third kappa shape index (κ3) is 4.15. The lowest BCUT2D eigenvalue weighted by Crippen LogP contribution is -2.49. The first kappa shape index (κ1) is 17.9. The minimum Gasteiger partial charge on any atom is -0.507 e. The molecule has 2 rings (SSSR count). The second-order valence-corrected chi connectivity index (χ2v) is 4.65. The fourth-order valence-corrected chi connectivity index (χ4v) is 2.40. The maximum atomic E-state index is 13.3. The van der Waals surface area contributed by atoms with Gasteiger partial charge in [-0.3, -0.25) is 4.90 Å². The zero-order chi connectivity index (χ0) is 14.8. The van der Waals surface area contributed by atoms with Crippen molar-refractivity contribution in [2.45, 2.75) is 12.2 Å². The van der Waals surface area contributed by atoms with Gasteiger partial charge in [0, 0.05) is 37.8 Å². The number of halogens is 4. The number of ether oxygens (including phenoxy) is 1. The van der Waals surface area contributed by atoms with Gasteiger partial charge in [-0.1, -0.05) is 0 Å². The number of piperazine rings is 1. The average Bonchev–Trinajstić information content (AvgIpc) is 2.40. The monoisotopic (exact) mass is 326 g/mol. The molecule has 1 aliphatic heterocycles. The summed E-state index contributed by atoms with van der Waals surface area (Å²) in [6.07, 6.45) is -4.44. The number of nitrogens with one attached hydrogen (secondary N) is 1. The number of phenolic OH excluding ortho intramolecular Hbond substituents is 1. The minimum absolute atomic E-state index is 0. The van der Waals surface area contributed by atoms with Crippen LogP contribution in [0.2, 0.25) is 0 Å². The highest BCUT2D eigenvalue weighted by Gasteiger charge is 2.46. The van der Waals surface area contributed by atoms with Gasteiger partial charge in [0.05, 0.1) is 7.11 Å². The number of hydrogen-bond acceptors (Lipinski definition) is 4. The fraction of sp³-hybridized carbons (Fsp3) is 0.538. The van der Waals surface area contributed by atoms with Gasteiger partial charge in [-0.25, -0.2) is 0 Å². The summed E-state index contributed by atoms with van der Waals surface area (Å²) in [5, 5.41) is 12.9. The molecule has 1 aromatic rings. The summed E-state index contributed by atoms with van der Waals surface area (Å²) < 4.78 is 44.9. The summed E-state index contributed by atoms with van der Waals surface area (Å²) in [7, 11) is 1.39. The Balaban J connectivity index is 0.00000220. The largest absolute Gasteiger partial charge is 0.507 e. The van der Waals surface area contributed by atoms with Crippen LogP contribution in [0.15, 0.2) is 18.2 Å². The van der Waals surface area contributed by atoms with Crippen LogP contribution in [0.4, 0.5) is 13.2 Å². The van der Waals surface area contributed by atoms with E-state index in [1.807, 2.05) is 0 Å². The molecule has 0 saturated carbocycles. The Morgan fingerprint density at radius 2 is 1.90 bits per heavy atom. The molecule has 0 aromatic heterocycles. The van der Waals surface area contributed by atoms with Crippen molar-refractivity contribution < 1.29 is 23.0 Å². The summed E-state index contributed by atoms with van der Waals surface area (Å²) in [6.45, 7) is 1.58. The molecule has 0 aliphatic carbocycles. The molecule has 1 atom stereocenters. The fourth-order valence-electron chi connectivity index (χ4n) is 2.40. The van der Waals surface area contributed by atoms with Crippen LogP contribution in [0, 0.1) is 0 Å². The number of alkyl halides is 3. The molecule has 1 fully saturated rings. The molecule has 8 heteroatoms. The maximum Gasteiger partial charge on any atom is 0.408 e. The van der Waals surface area contributed by atoms with Crippen molar-refractivity contribution in [1.82, 2.24) is 10.2 Å². The minimum atomic E-state index is -4.44. The molecular weight excluding hydrogens is 309 g/mol. The molecule has 1 aromatic carbocycles. The molecule has 0 radical (unpaired) electrons. The van der Waals surface area contributed by atoms with E-state index in [9.17, 15) is 18.3 Å². The van der Waals surface area contributed by atoms with Crippen LogP contribution in [0.1, 0.15) is 11.6 Å². The van der Waals surface area contributed by atoms with Crippen LogP contribution in [-0.2, 0) is 0 Å². The lowest BCUT2D eigenvalue weighted by molar-refractivity contribution is -0.188. The Kier molecular flexibility index (Phi) is 6.12. The zero-order valence-corrected chi connectivity index (χ0v) is 12.3. The van der Waals surface area contributed by atoms with Gasteiger partial charge in [0.1, 0.15) is 17.5 Å². The molecule has 2 N–H and O–H groups in total. The normalized spacial score (nSPS) is 17.9. The van der Waals surface area contributed by atoms with Crippen LogP contribution in [0.5, 0.6) is 11.5 Å². The molecule has 120 valence electrons. The summed E-state index contributed by atoms with van der Waals surface area (Å²) >= 11 is 0. The number of aromatic hydroxyl groups is 1. The second kappa shape index (κ2) is 7.20. The summed E-state index contributed by atoms with van der Waals surface area (Å²) in [5.74, 6) is -0.0716. The molecule has 0 bridgehead atoms. The highest BCUT2D eigenvalue weighted by Crippen LogP contribution is 2.42. The number of methoxy groups -OCH3 is 1. The standard InChI is InChI=1S/C13H17F3N2O2.ClH/c1-20-9-2-3-10(11(19)8-9)12(13(14,15)16)18-6-4-17-5-7-18;/h2-3,8,12,17,19H,4-7H2,1H3;1H/t12-;/m1./s1. The predicted octanol–water partition coefficient (Wildman–Crippen LogP) is 2.33. The number of nitrogens with zero attached hydrogens (tertiary/aromatic N) is 1. The van der Waals surface area contributed by atoms with E-state index in [0.717, 1.165) is 0 Å². The highest BCUT2D eigenvalue weighted by atomic mass is 35.5. The smallest absolute Gasteiger partial charge is 0.408 e.